The highest BCUT2D eigenvalue weighted by Gasteiger charge is 2.33. The number of thioether (sulfide) groups is 1. The lowest BCUT2D eigenvalue weighted by molar-refractivity contribution is 0.0500. The highest BCUT2D eigenvalue weighted by Crippen LogP contribution is 2.33. The molecule has 1 aromatic rings. The van der Waals surface area contributed by atoms with E-state index >= 15 is 0 Å². The SMILES string of the molecule is CSCCNC(=NCC(NC(=O)OC(C)(C)C)C1CC1)NCCc1ccco1. The third-order valence-corrected chi connectivity index (χ3v) is 4.79. The van der Waals surface area contributed by atoms with Crippen LogP contribution in [0.4, 0.5) is 4.79 Å². The molecule has 1 saturated carbocycles. The lowest BCUT2D eigenvalue weighted by Crippen LogP contribution is -2.44. The van der Waals surface area contributed by atoms with Crippen LogP contribution in [0, 0.1) is 5.92 Å². The largest absolute Gasteiger partial charge is 0.469 e. The Balaban J connectivity index is 1.87. The molecule has 0 aromatic carbocycles. The van der Waals surface area contributed by atoms with Crippen LogP contribution >= 0.6 is 11.8 Å². The molecule has 0 aliphatic heterocycles. The standard InChI is InChI=1S/C20H34N4O3S/c1-20(2,3)27-19(25)24-17(15-7-8-15)14-23-18(22-11-13-28-4)21-10-9-16-6-5-12-26-16/h5-6,12,15,17H,7-11,13-14H2,1-4H3,(H,24,25)(H2,21,22,23). The second-order valence-corrected chi connectivity index (χ2v) is 8.94. The molecular formula is C20H34N4O3S. The number of rotatable bonds is 10. The number of ether oxygens (including phenoxy) is 1. The van der Waals surface area contributed by atoms with Gasteiger partial charge in [0, 0.05) is 25.3 Å². The second kappa shape index (κ2) is 11.2. The van der Waals surface area contributed by atoms with Crippen LogP contribution < -0.4 is 16.0 Å². The Hall–Kier alpha value is -1.83. The van der Waals surface area contributed by atoms with Crippen molar-refractivity contribution in [2.45, 2.75) is 51.7 Å². The summed E-state index contributed by atoms with van der Waals surface area (Å²) in [4.78, 5) is 16.8. The fraction of sp³-hybridized carbons (Fsp3) is 0.700. The third kappa shape index (κ3) is 9.39. The Labute approximate surface area is 172 Å². The summed E-state index contributed by atoms with van der Waals surface area (Å²) in [7, 11) is 0. The van der Waals surface area contributed by atoms with E-state index in [-0.39, 0.29) is 12.1 Å². The Morgan fingerprint density at radius 3 is 2.71 bits per heavy atom. The van der Waals surface area contributed by atoms with Gasteiger partial charge in [0.05, 0.1) is 18.8 Å². The van der Waals surface area contributed by atoms with Gasteiger partial charge in [-0.05, 0) is 57.9 Å². The van der Waals surface area contributed by atoms with Crippen LogP contribution in [0.15, 0.2) is 27.8 Å². The molecule has 28 heavy (non-hydrogen) atoms. The molecule has 0 radical (unpaired) electrons. The van der Waals surface area contributed by atoms with E-state index in [1.165, 1.54) is 0 Å². The number of nitrogens with zero attached hydrogens (tertiary/aromatic N) is 1. The highest BCUT2D eigenvalue weighted by atomic mass is 32.2. The normalized spacial score (nSPS) is 15.8. The molecule has 1 heterocycles. The first-order valence-electron chi connectivity index (χ1n) is 9.90. The van der Waals surface area contributed by atoms with Gasteiger partial charge in [-0.15, -0.1) is 0 Å². The van der Waals surface area contributed by atoms with Gasteiger partial charge in [-0.2, -0.15) is 11.8 Å². The van der Waals surface area contributed by atoms with E-state index in [9.17, 15) is 4.79 Å². The number of aliphatic imine (C=N–C) groups is 1. The van der Waals surface area contributed by atoms with E-state index in [0.717, 1.165) is 49.8 Å². The average molecular weight is 411 g/mol. The molecule has 1 aliphatic carbocycles. The predicted molar refractivity (Wildman–Crippen MR) is 115 cm³/mol. The van der Waals surface area contributed by atoms with E-state index in [1.807, 2.05) is 32.9 Å². The molecule has 1 aromatic heterocycles. The summed E-state index contributed by atoms with van der Waals surface area (Å²) in [6, 6.07) is 3.86. The number of furan rings is 1. The van der Waals surface area contributed by atoms with Crippen molar-refractivity contribution < 1.29 is 13.9 Å². The van der Waals surface area contributed by atoms with Crippen molar-refractivity contribution in [3.8, 4) is 0 Å². The van der Waals surface area contributed by atoms with Crippen LogP contribution in [0.25, 0.3) is 0 Å². The first-order chi connectivity index (χ1) is 13.4. The lowest BCUT2D eigenvalue weighted by atomic mass is 10.2. The van der Waals surface area contributed by atoms with E-state index in [0.29, 0.717) is 12.5 Å². The maximum Gasteiger partial charge on any atom is 0.407 e. The number of hydrogen-bond donors (Lipinski definition) is 3. The molecule has 1 aliphatic rings. The summed E-state index contributed by atoms with van der Waals surface area (Å²) in [5.74, 6) is 3.18. The minimum atomic E-state index is -0.501. The van der Waals surface area contributed by atoms with Crippen molar-refractivity contribution in [1.29, 1.82) is 0 Å². The fourth-order valence-electron chi connectivity index (χ4n) is 2.66. The van der Waals surface area contributed by atoms with Crippen molar-refractivity contribution in [2.75, 3.05) is 31.6 Å². The maximum absolute atomic E-state index is 12.1. The second-order valence-electron chi connectivity index (χ2n) is 7.96. The molecule has 1 amide bonds. The molecule has 1 fully saturated rings. The third-order valence-electron chi connectivity index (χ3n) is 4.18. The molecule has 1 unspecified atom stereocenters. The van der Waals surface area contributed by atoms with Gasteiger partial charge in [0.1, 0.15) is 11.4 Å². The zero-order chi connectivity index (χ0) is 20.4. The molecule has 0 saturated heterocycles. The van der Waals surface area contributed by atoms with E-state index in [1.54, 1.807) is 18.0 Å². The molecule has 2 rings (SSSR count). The van der Waals surface area contributed by atoms with E-state index in [2.05, 4.69) is 22.2 Å². The van der Waals surface area contributed by atoms with Crippen molar-refractivity contribution in [1.82, 2.24) is 16.0 Å². The summed E-state index contributed by atoms with van der Waals surface area (Å²) >= 11 is 1.78. The number of guanidine groups is 1. The molecule has 7 nitrogen and oxygen atoms in total. The first kappa shape index (κ1) is 22.5. The number of amides is 1. The number of alkyl carbamates (subject to hydrolysis) is 1. The minimum absolute atomic E-state index is 0.000858. The minimum Gasteiger partial charge on any atom is -0.469 e. The number of carbonyl (C=O) groups is 1. The Bertz CT molecular complexity index is 609. The summed E-state index contributed by atoms with van der Waals surface area (Å²) in [5, 5.41) is 9.69. The average Bonchev–Trinajstić information content (AvgIpc) is 3.33. The van der Waals surface area contributed by atoms with Gasteiger partial charge in [-0.1, -0.05) is 0 Å². The highest BCUT2D eigenvalue weighted by molar-refractivity contribution is 7.98. The van der Waals surface area contributed by atoms with E-state index in [4.69, 9.17) is 14.1 Å². The van der Waals surface area contributed by atoms with E-state index < -0.39 is 5.60 Å². The van der Waals surface area contributed by atoms with Gasteiger partial charge >= 0.3 is 6.09 Å². The van der Waals surface area contributed by atoms with Crippen LogP contribution in [-0.2, 0) is 11.2 Å². The van der Waals surface area contributed by atoms with Crippen molar-refractivity contribution >= 4 is 23.8 Å². The summed E-state index contributed by atoms with van der Waals surface area (Å²) in [5.41, 5.74) is -0.501. The maximum atomic E-state index is 12.1. The topological polar surface area (TPSA) is 87.9 Å². The number of nitrogens with one attached hydrogen (secondary N) is 3. The van der Waals surface area contributed by atoms with Crippen LogP contribution in [0.1, 0.15) is 39.4 Å². The van der Waals surface area contributed by atoms with Gasteiger partial charge in [-0.25, -0.2) is 4.79 Å². The Morgan fingerprint density at radius 1 is 1.36 bits per heavy atom. The predicted octanol–water partition coefficient (Wildman–Crippen LogP) is 3.02. The molecule has 0 spiro atoms. The summed E-state index contributed by atoms with van der Waals surface area (Å²) in [6.07, 6.45) is 6.43. The summed E-state index contributed by atoms with van der Waals surface area (Å²) in [6.45, 7) is 7.70. The molecular weight excluding hydrogens is 376 g/mol. The molecule has 158 valence electrons. The number of carbonyl (C=O) groups excluding carboxylic acids is 1. The zero-order valence-electron chi connectivity index (χ0n) is 17.4. The quantitative estimate of drug-likeness (QED) is 0.312. The molecule has 0 bridgehead atoms. The Kier molecular flexibility index (Phi) is 9.02. The molecule has 3 N–H and O–H groups in total. The van der Waals surface area contributed by atoms with Crippen LogP contribution in [0.2, 0.25) is 0 Å². The van der Waals surface area contributed by atoms with Crippen LogP contribution in [0.3, 0.4) is 0 Å². The van der Waals surface area contributed by atoms with Gasteiger partial charge in [0.2, 0.25) is 0 Å². The van der Waals surface area contributed by atoms with Gasteiger partial charge in [0.25, 0.3) is 0 Å². The van der Waals surface area contributed by atoms with Crippen molar-refractivity contribution in [3.05, 3.63) is 24.2 Å². The summed E-state index contributed by atoms with van der Waals surface area (Å²) < 4.78 is 10.8. The van der Waals surface area contributed by atoms with Crippen molar-refractivity contribution in [2.24, 2.45) is 10.9 Å². The smallest absolute Gasteiger partial charge is 0.407 e. The number of hydrogen-bond acceptors (Lipinski definition) is 5. The van der Waals surface area contributed by atoms with Crippen molar-refractivity contribution in [3.63, 3.8) is 0 Å². The zero-order valence-corrected chi connectivity index (χ0v) is 18.2. The van der Waals surface area contributed by atoms with Gasteiger partial charge < -0.3 is 25.1 Å². The molecule has 8 heteroatoms. The fourth-order valence-corrected chi connectivity index (χ4v) is 2.97. The Morgan fingerprint density at radius 2 is 2.11 bits per heavy atom. The monoisotopic (exact) mass is 410 g/mol. The van der Waals surface area contributed by atoms with Crippen LogP contribution in [0.5, 0.6) is 0 Å². The lowest BCUT2D eigenvalue weighted by Gasteiger charge is -2.23. The van der Waals surface area contributed by atoms with Crippen LogP contribution in [-0.4, -0.2) is 55.3 Å². The van der Waals surface area contributed by atoms with Gasteiger partial charge in [-0.3, -0.25) is 4.99 Å². The first-order valence-corrected chi connectivity index (χ1v) is 11.3. The van der Waals surface area contributed by atoms with Gasteiger partial charge in [0.15, 0.2) is 5.96 Å². The molecule has 1 atom stereocenters.